The summed E-state index contributed by atoms with van der Waals surface area (Å²) in [6, 6.07) is 10.2. The molecule has 0 aliphatic carbocycles. The molecule has 0 saturated carbocycles. The summed E-state index contributed by atoms with van der Waals surface area (Å²) in [6.07, 6.45) is 6.16. The predicted molar refractivity (Wildman–Crippen MR) is 79.3 cm³/mol. The lowest BCUT2D eigenvalue weighted by Crippen LogP contribution is -2.34. The van der Waals surface area contributed by atoms with Crippen LogP contribution in [0, 0.1) is 0 Å². The van der Waals surface area contributed by atoms with Gasteiger partial charge in [-0.2, -0.15) is 11.8 Å². The Kier molecular flexibility index (Phi) is 2.61. The lowest BCUT2D eigenvalue weighted by Gasteiger charge is -2.36. The molecule has 2 saturated heterocycles. The van der Waals surface area contributed by atoms with Crippen LogP contribution in [-0.2, 0) is 5.60 Å². The third kappa shape index (κ3) is 1.96. The maximum Gasteiger partial charge on any atom is 0.0917 e. The van der Waals surface area contributed by atoms with E-state index < -0.39 is 5.60 Å². The molecule has 19 heavy (non-hydrogen) atoms. The SMILES string of the molecule is OC1(c2ccc3ncccc3c2)CC2CCC(C1)S2. The van der Waals surface area contributed by atoms with Crippen LogP contribution in [0.4, 0.5) is 0 Å². The van der Waals surface area contributed by atoms with Gasteiger partial charge in [0.1, 0.15) is 0 Å². The molecular formula is C16H17NOS. The van der Waals surface area contributed by atoms with E-state index in [1.54, 1.807) is 0 Å². The van der Waals surface area contributed by atoms with E-state index in [1.807, 2.05) is 18.3 Å². The van der Waals surface area contributed by atoms with Crippen molar-refractivity contribution in [3.8, 4) is 0 Å². The zero-order chi connectivity index (χ0) is 12.9. The number of nitrogens with zero attached hydrogens (tertiary/aromatic N) is 1. The third-order valence-electron chi connectivity index (χ3n) is 4.47. The zero-order valence-electron chi connectivity index (χ0n) is 10.7. The average Bonchev–Trinajstić information content (AvgIpc) is 2.78. The zero-order valence-corrected chi connectivity index (χ0v) is 11.6. The second-order valence-electron chi connectivity index (χ2n) is 5.81. The Balaban J connectivity index is 1.76. The molecule has 2 unspecified atom stereocenters. The highest BCUT2D eigenvalue weighted by Crippen LogP contribution is 2.51. The van der Waals surface area contributed by atoms with Gasteiger partial charge in [-0.25, -0.2) is 0 Å². The molecule has 2 bridgehead atoms. The molecule has 2 fully saturated rings. The summed E-state index contributed by atoms with van der Waals surface area (Å²) in [5, 5.41) is 13.5. The normalized spacial score (nSPS) is 33.7. The lowest BCUT2D eigenvalue weighted by molar-refractivity contribution is 0.0198. The Labute approximate surface area is 117 Å². The van der Waals surface area contributed by atoms with E-state index in [0.29, 0.717) is 10.5 Å². The maximum absolute atomic E-state index is 11.0. The monoisotopic (exact) mass is 271 g/mol. The summed E-state index contributed by atoms with van der Waals surface area (Å²) in [4.78, 5) is 4.35. The molecule has 3 heteroatoms. The van der Waals surface area contributed by atoms with Crippen LogP contribution in [0.15, 0.2) is 36.5 Å². The summed E-state index contributed by atoms with van der Waals surface area (Å²) in [5.74, 6) is 0. The van der Waals surface area contributed by atoms with Crippen molar-refractivity contribution in [1.29, 1.82) is 0 Å². The highest BCUT2D eigenvalue weighted by atomic mass is 32.2. The van der Waals surface area contributed by atoms with E-state index in [-0.39, 0.29) is 0 Å². The largest absolute Gasteiger partial charge is 0.385 e. The number of thioether (sulfide) groups is 1. The van der Waals surface area contributed by atoms with Crippen molar-refractivity contribution in [3.63, 3.8) is 0 Å². The average molecular weight is 271 g/mol. The molecule has 2 nitrogen and oxygen atoms in total. The minimum atomic E-state index is -0.624. The van der Waals surface area contributed by atoms with Crippen molar-refractivity contribution in [2.75, 3.05) is 0 Å². The number of benzene rings is 1. The van der Waals surface area contributed by atoms with Gasteiger partial charge in [0, 0.05) is 22.1 Å². The van der Waals surface area contributed by atoms with Crippen molar-refractivity contribution in [2.45, 2.75) is 41.8 Å². The first kappa shape index (κ1) is 11.7. The van der Waals surface area contributed by atoms with Crippen molar-refractivity contribution >= 4 is 22.7 Å². The number of aliphatic hydroxyl groups is 1. The Hall–Kier alpha value is -1.06. The van der Waals surface area contributed by atoms with Crippen molar-refractivity contribution in [3.05, 3.63) is 42.1 Å². The van der Waals surface area contributed by atoms with Gasteiger partial charge in [-0.3, -0.25) is 4.98 Å². The number of rotatable bonds is 1. The van der Waals surface area contributed by atoms with Crippen LogP contribution >= 0.6 is 11.8 Å². The first-order valence-electron chi connectivity index (χ1n) is 6.96. The highest BCUT2D eigenvalue weighted by Gasteiger charge is 2.44. The molecule has 4 rings (SSSR count). The minimum absolute atomic E-state index is 0.624. The molecule has 3 heterocycles. The lowest BCUT2D eigenvalue weighted by atomic mass is 9.85. The molecule has 2 aliphatic rings. The van der Waals surface area contributed by atoms with E-state index in [1.165, 1.54) is 12.8 Å². The van der Waals surface area contributed by atoms with Crippen molar-refractivity contribution in [2.24, 2.45) is 0 Å². The Morgan fingerprint density at radius 2 is 1.95 bits per heavy atom. The van der Waals surface area contributed by atoms with Crippen LogP contribution in [0.25, 0.3) is 10.9 Å². The molecule has 2 aliphatic heterocycles. The molecule has 2 aromatic rings. The van der Waals surface area contributed by atoms with Gasteiger partial charge in [-0.05, 0) is 49.4 Å². The Bertz CT molecular complexity index is 615. The molecule has 1 aromatic carbocycles. The number of pyridine rings is 1. The fourth-order valence-corrected chi connectivity index (χ4v) is 5.35. The van der Waals surface area contributed by atoms with Crippen LogP contribution in [0.2, 0.25) is 0 Å². The number of hydrogen-bond donors (Lipinski definition) is 1. The summed E-state index contributed by atoms with van der Waals surface area (Å²) in [7, 11) is 0. The van der Waals surface area contributed by atoms with E-state index in [9.17, 15) is 5.11 Å². The molecule has 0 radical (unpaired) electrons. The number of fused-ring (bicyclic) bond motifs is 3. The van der Waals surface area contributed by atoms with Gasteiger partial charge >= 0.3 is 0 Å². The van der Waals surface area contributed by atoms with Gasteiger partial charge in [-0.15, -0.1) is 0 Å². The quantitative estimate of drug-likeness (QED) is 0.862. The van der Waals surface area contributed by atoms with E-state index in [4.69, 9.17) is 0 Å². The minimum Gasteiger partial charge on any atom is -0.385 e. The Morgan fingerprint density at radius 3 is 2.74 bits per heavy atom. The molecule has 0 spiro atoms. The van der Waals surface area contributed by atoms with Crippen LogP contribution in [0.3, 0.4) is 0 Å². The van der Waals surface area contributed by atoms with Gasteiger partial charge in [0.15, 0.2) is 0 Å². The predicted octanol–water partition coefficient (Wildman–Crippen LogP) is 3.48. The smallest absolute Gasteiger partial charge is 0.0917 e. The second-order valence-corrected chi connectivity index (χ2v) is 7.41. The fourth-order valence-electron chi connectivity index (χ4n) is 3.52. The van der Waals surface area contributed by atoms with Crippen LogP contribution < -0.4 is 0 Å². The molecule has 1 aromatic heterocycles. The van der Waals surface area contributed by atoms with Gasteiger partial charge in [0.05, 0.1) is 11.1 Å². The Morgan fingerprint density at radius 1 is 1.16 bits per heavy atom. The first-order chi connectivity index (χ1) is 9.23. The number of hydrogen-bond acceptors (Lipinski definition) is 3. The summed E-state index contributed by atoms with van der Waals surface area (Å²) >= 11 is 2.08. The van der Waals surface area contributed by atoms with Gasteiger partial charge in [-0.1, -0.05) is 12.1 Å². The molecular weight excluding hydrogens is 254 g/mol. The highest BCUT2D eigenvalue weighted by molar-refractivity contribution is 8.00. The number of aromatic nitrogens is 1. The topological polar surface area (TPSA) is 33.1 Å². The summed E-state index contributed by atoms with van der Waals surface area (Å²) in [5.41, 5.74) is 1.45. The maximum atomic E-state index is 11.0. The molecule has 0 amide bonds. The summed E-state index contributed by atoms with van der Waals surface area (Å²) in [6.45, 7) is 0. The van der Waals surface area contributed by atoms with E-state index >= 15 is 0 Å². The third-order valence-corrected chi connectivity index (χ3v) is 6.04. The standard InChI is InChI=1S/C16H17NOS/c18-16(9-13-4-5-14(10-16)19-13)12-3-6-15-11(8-12)2-1-7-17-15/h1-3,6-8,13-14,18H,4-5,9-10H2. The fraction of sp³-hybridized carbons (Fsp3) is 0.438. The van der Waals surface area contributed by atoms with Crippen molar-refractivity contribution in [1.82, 2.24) is 4.98 Å². The first-order valence-corrected chi connectivity index (χ1v) is 7.90. The molecule has 1 N–H and O–H groups in total. The van der Waals surface area contributed by atoms with Gasteiger partial charge in [0.25, 0.3) is 0 Å². The van der Waals surface area contributed by atoms with Crippen LogP contribution in [0.1, 0.15) is 31.2 Å². The van der Waals surface area contributed by atoms with Crippen molar-refractivity contribution < 1.29 is 5.11 Å². The summed E-state index contributed by atoms with van der Waals surface area (Å²) < 4.78 is 0. The molecule has 2 atom stereocenters. The molecule has 98 valence electrons. The van der Waals surface area contributed by atoms with E-state index in [2.05, 4.69) is 34.9 Å². The van der Waals surface area contributed by atoms with Gasteiger partial charge in [0.2, 0.25) is 0 Å². The van der Waals surface area contributed by atoms with E-state index in [0.717, 1.165) is 29.3 Å². The van der Waals surface area contributed by atoms with Gasteiger partial charge < -0.3 is 5.11 Å². The van der Waals surface area contributed by atoms with Crippen LogP contribution in [0.5, 0.6) is 0 Å². The van der Waals surface area contributed by atoms with Crippen LogP contribution in [-0.4, -0.2) is 20.6 Å². The second kappa shape index (κ2) is 4.22.